The van der Waals surface area contributed by atoms with Crippen LogP contribution in [-0.4, -0.2) is 31.4 Å². The van der Waals surface area contributed by atoms with E-state index in [2.05, 4.69) is 12.2 Å². The van der Waals surface area contributed by atoms with Crippen molar-refractivity contribution in [2.75, 3.05) is 20.2 Å². The summed E-state index contributed by atoms with van der Waals surface area (Å²) in [5.74, 6) is 0.847. The van der Waals surface area contributed by atoms with Crippen LogP contribution in [0.1, 0.15) is 25.3 Å². The van der Waals surface area contributed by atoms with E-state index in [1.807, 2.05) is 24.3 Å². The Kier molecular flexibility index (Phi) is 6.67. The Morgan fingerprint density at radius 1 is 1.35 bits per heavy atom. The molecular formula is C14H23NO2. The van der Waals surface area contributed by atoms with Crippen molar-refractivity contribution in [3.63, 3.8) is 0 Å². The van der Waals surface area contributed by atoms with Crippen LogP contribution in [0.25, 0.3) is 0 Å². The lowest BCUT2D eigenvalue weighted by Crippen LogP contribution is -2.29. The summed E-state index contributed by atoms with van der Waals surface area (Å²) in [6.45, 7) is 3.77. The summed E-state index contributed by atoms with van der Waals surface area (Å²) in [5.41, 5.74) is 1.06. The summed E-state index contributed by atoms with van der Waals surface area (Å²) in [4.78, 5) is 0. The van der Waals surface area contributed by atoms with Crippen LogP contribution in [-0.2, 0) is 6.42 Å². The largest absolute Gasteiger partial charge is 0.496 e. The maximum Gasteiger partial charge on any atom is 0.122 e. The Labute approximate surface area is 104 Å². The van der Waals surface area contributed by atoms with Crippen molar-refractivity contribution < 1.29 is 9.84 Å². The van der Waals surface area contributed by atoms with Crippen molar-refractivity contribution in [2.45, 2.75) is 32.3 Å². The van der Waals surface area contributed by atoms with Gasteiger partial charge < -0.3 is 15.2 Å². The Morgan fingerprint density at radius 3 is 2.82 bits per heavy atom. The highest BCUT2D eigenvalue weighted by Crippen LogP contribution is 2.18. The molecule has 0 heterocycles. The second-order valence-electron chi connectivity index (χ2n) is 4.23. The van der Waals surface area contributed by atoms with Crippen molar-refractivity contribution in [3.05, 3.63) is 29.8 Å². The molecule has 0 fully saturated rings. The quantitative estimate of drug-likeness (QED) is 0.679. The zero-order valence-corrected chi connectivity index (χ0v) is 10.8. The van der Waals surface area contributed by atoms with Gasteiger partial charge in [-0.2, -0.15) is 0 Å². The van der Waals surface area contributed by atoms with Crippen LogP contribution in [0.3, 0.4) is 0 Å². The molecule has 96 valence electrons. The fourth-order valence-corrected chi connectivity index (χ4v) is 1.77. The van der Waals surface area contributed by atoms with Gasteiger partial charge in [0.05, 0.1) is 13.2 Å². The molecule has 0 aliphatic rings. The summed E-state index contributed by atoms with van der Waals surface area (Å²) in [6.07, 6.45) is 2.60. The highest BCUT2D eigenvalue weighted by atomic mass is 16.5. The van der Waals surface area contributed by atoms with E-state index in [9.17, 15) is 5.11 Å². The molecule has 3 nitrogen and oxygen atoms in total. The molecule has 1 atom stereocenters. The number of unbranched alkanes of at least 4 members (excludes halogenated alkanes) is 1. The van der Waals surface area contributed by atoms with Crippen molar-refractivity contribution in [3.8, 4) is 5.75 Å². The number of aliphatic hydroxyl groups is 1. The van der Waals surface area contributed by atoms with Gasteiger partial charge in [-0.05, 0) is 24.6 Å². The van der Waals surface area contributed by atoms with Crippen LogP contribution >= 0.6 is 0 Å². The van der Waals surface area contributed by atoms with Crippen LogP contribution in [0, 0.1) is 0 Å². The maximum atomic E-state index is 9.90. The van der Waals surface area contributed by atoms with E-state index in [1.54, 1.807) is 7.11 Å². The number of hydrogen-bond donors (Lipinski definition) is 2. The minimum atomic E-state index is -0.358. The van der Waals surface area contributed by atoms with Crippen molar-refractivity contribution in [2.24, 2.45) is 0 Å². The average molecular weight is 237 g/mol. The second-order valence-corrected chi connectivity index (χ2v) is 4.23. The summed E-state index contributed by atoms with van der Waals surface area (Å²) in [5, 5.41) is 13.2. The third-order valence-corrected chi connectivity index (χ3v) is 2.74. The number of methoxy groups -OCH3 is 1. The lowest BCUT2D eigenvalue weighted by atomic mass is 10.1. The number of hydrogen-bond acceptors (Lipinski definition) is 3. The number of benzene rings is 1. The molecule has 0 radical (unpaired) electrons. The van der Waals surface area contributed by atoms with E-state index in [4.69, 9.17) is 4.74 Å². The number of aliphatic hydroxyl groups excluding tert-OH is 1. The molecule has 1 aromatic carbocycles. The molecule has 0 saturated heterocycles. The van der Waals surface area contributed by atoms with Crippen LogP contribution in [0.2, 0.25) is 0 Å². The Hall–Kier alpha value is -1.06. The third-order valence-electron chi connectivity index (χ3n) is 2.74. The third kappa shape index (κ3) is 5.20. The van der Waals surface area contributed by atoms with E-state index in [0.717, 1.165) is 24.3 Å². The van der Waals surface area contributed by atoms with Gasteiger partial charge in [0.15, 0.2) is 0 Å². The van der Waals surface area contributed by atoms with E-state index in [1.165, 1.54) is 6.42 Å². The van der Waals surface area contributed by atoms with Crippen LogP contribution < -0.4 is 10.1 Å². The first kappa shape index (κ1) is 14.0. The van der Waals surface area contributed by atoms with Gasteiger partial charge in [-0.3, -0.25) is 0 Å². The second kappa shape index (κ2) is 8.09. The molecule has 0 amide bonds. The zero-order chi connectivity index (χ0) is 12.5. The van der Waals surface area contributed by atoms with Gasteiger partial charge in [-0.15, -0.1) is 0 Å². The van der Waals surface area contributed by atoms with Gasteiger partial charge in [-0.1, -0.05) is 31.5 Å². The molecule has 17 heavy (non-hydrogen) atoms. The van der Waals surface area contributed by atoms with Crippen molar-refractivity contribution >= 4 is 0 Å². The lowest BCUT2D eigenvalue weighted by molar-refractivity contribution is 0.171. The first-order chi connectivity index (χ1) is 8.27. The first-order valence-electron chi connectivity index (χ1n) is 6.28. The molecule has 0 aliphatic heterocycles. The Balaban J connectivity index is 2.36. The molecular weight excluding hydrogens is 214 g/mol. The maximum absolute atomic E-state index is 9.90. The van der Waals surface area contributed by atoms with Crippen LogP contribution in [0.15, 0.2) is 24.3 Å². The molecule has 0 saturated carbocycles. The molecule has 1 rings (SSSR count). The Bertz CT molecular complexity index is 315. The SMILES string of the molecule is CCCCNCC(O)Cc1ccccc1OC. The summed E-state index contributed by atoms with van der Waals surface area (Å²) in [7, 11) is 1.66. The molecule has 0 bridgehead atoms. The molecule has 0 aromatic heterocycles. The van der Waals surface area contributed by atoms with Gasteiger partial charge in [0.25, 0.3) is 0 Å². The van der Waals surface area contributed by atoms with E-state index in [0.29, 0.717) is 13.0 Å². The molecule has 1 aromatic rings. The molecule has 0 aliphatic carbocycles. The fourth-order valence-electron chi connectivity index (χ4n) is 1.77. The predicted octanol–water partition coefficient (Wildman–Crippen LogP) is 1.99. The number of para-hydroxylation sites is 1. The summed E-state index contributed by atoms with van der Waals surface area (Å²) in [6, 6.07) is 7.82. The Morgan fingerprint density at radius 2 is 2.12 bits per heavy atom. The monoisotopic (exact) mass is 237 g/mol. The zero-order valence-electron chi connectivity index (χ0n) is 10.8. The lowest BCUT2D eigenvalue weighted by Gasteiger charge is -2.14. The van der Waals surface area contributed by atoms with Gasteiger partial charge in [0, 0.05) is 13.0 Å². The molecule has 0 spiro atoms. The fraction of sp³-hybridized carbons (Fsp3) is 0.571. The summed E-state index contributed by atoms with van der Waals surface area (Å²) < 4.78 is 5.26. The van der Waals surface area contributed by atoms with Crippen molar-refractivity contribution in [1.29, 1.82) is 0 Å². The van der Waals surface area contributed by atoms with E-state index < -0.39 is 0 Å². The molecule has 3 heteroatoms. The standard InChI is InChI=1S/C14H23NO2/c1-3-4-9-15-11-13(16)10-12-7-5-6-8-14(12)17-2/h5-8,13,15-16H,3-4,9-11H2,1-2H3. The first-order valence-corrected chi connectivity index (χ1v) is 6.28. The number of ether oxygens (including phenoxy) is 1. The minimum absolute atomic E-state index is 0.358. The van der Waals surface area contributed by atoms with E-state index in [-0.39, 0.29) is 6.10 Å². The highest BCUT2D eigenvalue weighted by Gasteiger charge is 2.08. The normalized spacial score (nSPS) is 12.4. The number of rotatable bonds is 8. The van der Waals surface area contributed by atoms with Gasteiger partial charge in [-0.25, -0.2) is 0 Å². The van der Waals surface area contributed by atoms with Gasteiger partial charge >= 0.3 is 0 Å². The number of nitrogens with one attached hydrogen (secondary N) is 1. The van der Waals surface area contributed by atoms with E-state index >= 15 is 0 Å². The van der Waals surface area contributed by atoms with Gasteiger partial charge in [0.2, 0.25) is 0 Å². The molecule has 1 unspecified atom stereocenters. The average Bonchev–Trinajstić information content (AvgIpc) is 2.35. The minimum Gasteiger partial charge on any atom is -0.496 e. The summed E-state index contributed by atoms with van der Waals surface area (Å²) >= 11 is 0. The highest BCUT2D eigenvalue weighted by molar-refractivity contribution is 5.33. The van der Waals surface area contributed by atoms with Crippen LogP contribution in [0.5, 0.6) is 5.75 Å². The van der Waals surface area contributed by atoms with Crippen molar-refractivity contribution in [1.82, 2.24) is 5.32 Å². The topological polar surface area (TPSA) is 41.5 Å². The molecule has 2 N–H and O–H groups in total. The van der Waals surface area contributed by atoms with Gasteiger partial charge in [0.1, 0.15) is 5.75 Å². The smallest absolute Gasteiger partial charge is 0.122 e. The predicted molar refractivity (Wildman–Crippen MR) is 70.5 cm³/mol. The van der Waals surface area contributed by atoms with Crippen LogP contribution in [0.4, 0.5) is 0 Å².